The van der Waals surface area contributed by atoms with Gasteiger partial charge in [-0.2, -0.15) is 11.3 Å². The first-order valence-electron chi connectivity index (χ1n) is 9.83. The molecule has 4 N–H and O–H groups in total. The van der Waals surface area contributed by atoms with Crippen LogP contribution in [0.1, 0.15) is 51.8 Å². The minimum Gasteiger partial charge on any atom is -0.384 e. The number of aliphatic imine (C=N–C) groups is 1. The number of rotatable bonds is 9. The zero-order valence-electron chi connectivity index (χ0n) is 18.0. The van der Waals surface area contributed by atoms with Crippen molar-refractivity contribution in [2.45, 2.75) is 51.8 Å². The highest BCUT2D eigenvalue weighted by Crippen LogP contribution is 2.22. The molecule has 0 saturated heterocycles. The molecule has 2 unspecified atom stereocenters. The van der Waals surface area contributed by atoms with Gasteiger partial charge in [0.05, 0.1) is 13.1 Å². The number of guanidine groups is 1. The monoisotopic (exact) mass is 530 g/mol. The molecule has 7 heteroatoms. The van der Waals surface area contributed by atoms with Crippen molar-refractivity contribution in [1.82, 2.24) is 16.0 Å². The predicted octanol–water partition coefficient (Wildman–Crippen LogP) is 4.26. The van der Waals surface area contributed by atoms with Gasteiger partial charge in [0.15, 0.2) is 5.96 Å². The molecule has 5 nitrogen and oxygen atoms in total. The van der Waals surface area contributed by atoms with Gasteiger partial charge >= 0.3 is 0 Å². The lowest BCUT2D eigenvalue weighted by Crippen LogP contribution is -2.47. The van der Waals surface area contributed by atoms with Crippen LogP contribution in [0.25, 0.3) is 0 Å². The normalized spacial score (nSPS) is 15.2. The van der Waals surface area contributed by atoms with Crippen molar-refractivity contribution in [3.63, 3.8) is 0 Å². The van der Waals surface area contributed by atoms with E-state index in [1.165, 1.54) is 5.56 Å². The van der Waals surface area contributed by atoms with E-state index >= 15 is 0 Å². The third kappa shape index (κ3) is 8.62. The standard InChI is InChI=1S/C22H34N4OS.HI/c1-6-23-20(25-16-22(5,27)19-12-13-28-14-19)24-15-21(3,4)26-17(2)18-10-8-7-9-11-18;/h7-14,17,26-27H,6,15-16H2,1-5H3,(H2,23,24,25);1H. The first-order chi connectivity index (χ1) is 13.2. The molecule has 2 aromatic rings. The van der Waals surface area contributed by atoms with Crippen LogP contribution in [0.2, 0.25) is 0 Å². The number of hydrogen-bond acceptors (Lipinski definition) is 4. The zero-order chi connectivity index (χ0) is 20.6. The van der Waals surface area contributed by atoms with Crippen LogP contribution in [0.4, 0.5) is 0 Å². The lowest BCUT2D eigenvalue weighted by molar-refractivity contribution is 0.0621. The first kappa shape index (κ1) is 25.9. The Balaban J connectivity index is 0.00000420. The molecule has 0 saturated carbocycles. The Kier molecular flexibility index (Phi) is 10.6. The molecule has 0 bridgehead atoms. The van der Waals surface area contributed by atoms with Crippen molar-refractivity contribution in [3.05, 3.63) is 58.3 Å². The predicted molar refractivity (Wildman–Crippen MR) is 135 cm³/mol. The lowest BCUT2D eigenvalue weighted by atomic mass is 9.99. The van der Waals surface area contributed by atoms with Crippen LogP contribution in [0.5, 0.6) is 0 Å². The van der Waals surface area contributed by atoms with E-state index in [1.54, 1.807) is 11.3 Å². The zero-order valence-corrected chi connectivity index (χ0v) is 21.2. The number of hydrogen-bond donors (Lipinski definition) is 4. The summed E-state index contributed by atoms with van der Waals surface area (Å²) in [4.78, 5) is 4.74. The van der Waals surface area contributed by atoms with Crippen molar-refractivity contribution < 1.29 is 5.11 Å². The quantitative estimate of drug-likeness (QED) is 0.222. The van der Waals surface area contributed by atoms with Crippen molar-refractivity contribution in [1.29, 1.82) is 0 Å². The maximum absolute atomic E-state index is 10.7. The van der Waals surface area contributed by atoms with Gasteiger partial charge in [-0.1, -0.05) is 30.3 Å². The third-order valence-electron chi connectivity index (χ3n) is 4.63. The molecule has 0 radical (unpaired) electrons. The second-order valence-electron chi connectivity index (χ2n) is 8.00. The highest BCUT2D eigenvalue weighted by Gasteiger charge is 2.24. The topological polar surface area (TPSA) is 68.7 Å². The van der Waals surface area contributed by atoms with E-state index in [0.717, 1.165) is 12.1 Å². The van der Waals surface area contributed by atoms with E-state index in [2.05, 4.69) is 61.0 Å². The molecule has 1 aromatic heterocycles. The fourth-order valence-corrected chi connectivity index (χ4v) is 3.79. The van der Waals surface area contributed by atoms with Crippen LogP contribution in [0.15, 0.2) is 52.2 Å². The number of benzene rings is 1. The van der Waals surface area contributed by atoms with Crippen LogP contribution in [-0.2, 0) is 5.60 Å². The van der Waals surface area contributed by atoms with Crippen LogP contribution < -0.4 is 16.0 Å². The van der Waals surface area contributed by atoms with Gasteiger partial charge in [0.25, 0.3) is 0 Å². The Morgan fingerprint density at radius 2 is 1.83 bits per heavy atom. The summed E-state index contributed by atoms with van der Waals surface area (Å²) in [5, 5.41) is 24.9. The molecule has 2 rings (SSSR count). The maximum Gasteiger partial charge on any atom is 0.191 e. The summed E-state index contributed by atoms with van der Waals surface area (Å²) >= 11 is 1.59. The van der Waals surface area contributed by atoms with E-state index in [9.17, 15) is 5.11 Å². The highest BCUT2D eigenvalue weighted by molar-refractivity contribution is 14.0. The molecule has 0 aliphatic carbocycles. The SMILES string of the molecule is CCNC(=NCC(C)(C)NC(C)c1ccccc1)NCC(C)(O)c1ccsc1.I. The van der Waals surface area contributed by atoms with E-state index in [4.69, 9.17) is 4.99 Å². The Morgan fingerprint density at radius 3 is 2.41 bits per heavy atom. The van der Waals surface area contributed by atoms with Gasteiger partial charge < -0.3 is 21.1 Å². The van der Waals surface area contributed by atoms with Gasteiger partial charge in [-0.25, -0.2) is 0 Å². The van der Waals surface area contributed by atoms with E-state index in [1.807, 2.05) is 36.7 Å². The van der Waals surface area contributed by atoms with Crippen LogP contribution in [0, 0.1) is 0 Å². The average Bonchev–Trinajstić information content (AvgIpc) is 3.20. The van der Waals surface area contributed by atoms with Crippen LogP contribution >= 0.6 is 35.3 Å². The summed E-state index contributed by atoms with van der Waals surface area (Å²) in [7, 11) is 0. The van der Waals surface area contributed by atoms with E-state index in [-0.39, 0.29) is 35.6 Å². The molecule has 162 valence electrons. The number of aliphatic hydroxyl groups is 1. The molecule has 0 spiro atoms. The summed E-state index contributed by atoms with van der Waals surface area (Å²) in [5.74, 6) is 0.709. The van der Waals surface area contributed by atoms with Crippen molar-refractivity contribution >= 4 is 41.3 Å². The van der Waals surface area contributed by atoms with Gasteiger partial charge in [-0.3, -0.25) is 4.99 Å². The molecule has 0 amide bonds. The summed E-state index contributed by atoms with van der Waals surface area (Å²) in [6.45, 7) is 12.1. The van der Waals surface area contributed by atoms with Crippen molar-refractivity contribution in [2.24, 2.45) is 4.99 Å². The summed E-state index contributed by atoms with van der Waals surface area (Å²) < 4.78 is 0. The molecule has 29 heavy (non-hydrogen) atoms. The molecule has 0 aliphatic heterocycles. The molecule has 2 atom stereocenters. The van der Waals surface area contributed by atoms with Crippen molar-refractivity contribution in [2.75, 3.05) is 19.6 Å². The van der Waals surface area contributed by atoms with Gasteiger partial charge in [-0.15, -0.1) is 24.0 Å². The summed E-state index contributed by atoms with van der Waals surface area (Å²) in [5.41, 5.74) is 1.06. The van der Waals surface area contributed by atoms with Gasteiger partial charge in [-0.05, 0) is 62.6 Å². The van der Waals surface area contributed by atoms with Gasteiger partial charge in [0, 0.05) is 18.1 Å². The fourth-order valence-electron chi connectivity index (χ4n) is 3.00. The minimum atomic E-state index is -0.939. The Labute approximate surface area is 196 Å². The molecule has 0 aliphatic rings. The number of thiophene rings is 1. The maximum atomic E-state index is 10.7. The third-order valence-corrected chi connectivity index (χ3v) is 5.31. The van der Waals surface area contributed by atoms with E-state index < -0.39 is 5.60 Å². The van der Waals surface area contributed by atoms with E-state index in [0.29, 0.717) is 19.0 Å². The van der Waals surface area contributed by atoms with Crippen LogP contribution in [-0.4, -0.2) is 36.2 Å². The Bertz CT molecular complexity index is 733. The first-order valence-corrected chi connectivity index (χ1v) is 10.8. The minimum absolute atomic E-state index is 0. The molecular formula is C22H35IN4OS. The Morgan fingerprint density at radius 1 is 1.14 bits per heavy atom. The molecule has 1 heterocycles. The fraction of sp³-hybridized carbons (Fsp3) is 0.500. The lowest BCUT2D eigenvalue weighted by Gasteiger charge is -2.30. The molecule has 0 fully saturated rings. The average molecular weight is 531 g/mol. The second-order valence-corrected chi connectivity index (χ2v) is 8.78. The Hall–Kier alpha value is -1.16. The largest absolute Gasteiger partial charge is 0.384 e. The summed E-state index contributed by atoms with van der Waals surface area (Å²) in [6, 6.07) is 12.6. The van der Waals surface area contributed by atoms with Crippen LogP contribution in [0.3, 0.4) is 0 Å². The van der Waals surface area contributed by atoms with Gasteiger partial charge in [0.1, 0.15) is 5.60 Å². The summed E-state index contributed by atoms with van der Waals surface area (Å²) in [6.07, 6.45) is 0. The highest BCUT2D eigenvalue weighted by atomic mass is 127. The van der Waals surface area contributed by atoms with Gasteiger partial charge in [0.2, 0.25) is 0 Å². The number of halogens is 1. The molecule has 1 aromatic carbocycles. The number of nitrogens with zero attached hydrogens (tertiary/aromatic N) is 1. The van der Waals surface area contributed by atoms with Crippen molar-refractivity contribution in [3.8, 4) is 0 Å². The number of nitrogens with one attached hydrogen (secondary N) is 3. The molecular weight excluding hydrogens is 495 g/mol. The second kappa shape index (κ2) is 11.9. The smallest absolute Gasteiger partial charge is 0.191 e.